The van der Waals surface area contributed by atoms with Gasteiger partial charge in [0.05, 0.1) is 26.4 Å². The minimum Gasteiger partial charge on any atom is -0.490 e. The summed E-state index contributed by atoms with van der Waals surface area (Å²) in [7, 11) is 0. The monoisotopic (exact) mass is 263 g/mol. The Labute approximate surface area is 113 Å². The fourth-order valence-corrected chi connectivity index (χ4v) is 2.76. The summed E-state index contributed by atoms with van der Waals surface area (Å²) in [6, 6.07) is 6.25. The molecule has 0 saturated carbocycles. The Morgan fingerprint density at radius 2 is 1.95 bits per heavy atom. The van der Waals surface area contributed by atoms with Gasteiger partial charge in [0.1, 0.15) is 0 Å². The first kappa shape index (κ1) is 12.8. The summed E-state index contributed by atoms with van der Waals surface area (Å²) < 4.78 is 16.9. The first-order valence-electron chi connectivity index (χ1n) is 6.94. The third-order valence-corrected chi connectivity index (χ3v) is 4.34. The quantitative estimate of drug-likeness (QED) is 0.902. The fourth-order valence-electron chi connectivity index (χ4n) is 2.76. The second kappa shape index (κ2) is 5.02. The molecular weight excluding hydrogens is 242 g/mol. The Hall–Kier alpha value is -1.26. The molecule has 1 atom stereocenters. The van der Waals surface area contributed by atoms with E-state index in [0.717, 1.165) is 37.7 Å². The van der Waals surface area contributed by atoms with Crippen LogP contribution in [0.4, 0.5) is 0 Å². The Kier molecular flexibility index (Phi) is 3.37. The summed E-state index contributed by atoms with van der Waals surface area (Å²) >= 11 is 0. The number of hydrogen-bond acceptors (Lipinski definition) is 4. The molecule has 19 heavy (non-hydrogen) atoms. The molecule has 104 valence electrons. The van der Waals surface area contributed by atoms with Crippen LogP contribution >= 0.6 is 0 Å². The molecule has 3 rings (SSSR count). The van der Waals surface area contributed by atoms with Crippen molar-refractivity contribution in [2.75, 3.05) is 33.0 Å². The third-order valence-electron chi connectivity index (χ3n) is 4.34. The van der Waals surface area contributed by atoms with Gasteiger partial charge in [-0.1, -0.05) is 13.0 Å². The lowest BCUT2D eigenvalue weighted by molar-refractivity contribution is -0.0854. The minimum absolute atomic E-state index is 0.0411. The zero-order valence-corrected chi connectivity index (χ0v) is 11.4. The molecule has 1 saturated heterocycles. The van der Waals surface area contributed by atoms with Gasteiger partial charge in [0.2, 0.25) is 0 Å². The van der Waals surface area contributed by atoms with Crippen LogP contribution in [0.5, 0.6) is 11.5 Å². The van der Waals surface area contributed by atoms with Crippen molar-refractivity contribution in [1.29, 1.82) is 0 Å². The van der Waals surface area contributed by atoms with Gasteiger partial charge in [-0.3, -0.25) is 0 Å². The molecule has 0 amide bonds. The third kappa shape index (κ3) is 2.09. The van der Waals surface area contributed by atoms with E-state index in [1.807, 2.05) is 6.07 Å². The number of ether oxygens (including phenoxy) is 3. The van der Waals surface area contributed by atoms with E-state index >= 15 is 0 Å². The van der Waals surface area contributed by atoms with Gasteiger partial charge in [-0.2, -0.15) is 0 Å². The van der Waals surface area contributed by atoms with Crippen LogP contribution in [0, 0.1) is 5.92 Å². The van der Waals surface area contributed by atoms with Crippen LogP contribution in [0.25, 0.3) is 0 Å². The second-order valence-electron chi connectivity index (χ2n) is 5.50. The predicted octanol–water partition coefficient (Wildman–Crippen LogP) is 1.71. The summed E-state index contributed by atoms with van der Waals surface area (Å²) in [5.74, 6) is 2.09. The number of fused-ring (bicyclic) bond motifs is 1. The topological polar surface area (TPSA) is 53.7 Å². The second-order valence-corrected chi connectivity index (χ2v) is 5.50. The molecule has 0 bridgehead atoms. The van der Waals surface area contributed by atoms with Crippen LogP contribution in [-0.2, 0) is 10.2 Å². The molecule has 1 unspecified atom stereocenters. The summed E-state index contributed by atoms with van der Waals surface area (Å²) in [6.07, 6.45) is 0.928. The fraction of sp³-hybridized carbons (Fsp3) is 0.600. The standard InChI is InChI=1S/C15H21NO3/c1-11(8-16)15(9-17-10-15)12-3-4-13-14(7-12)19-6-2-5-18-13/h3-4,7,11H,2,5-6,8-10,16H2,1H3. The molecule has 0 aromatic heterocycles. The van der Waals surface area contributed by atoms with Gasteiger partial charge in [0.25, 0.3) is 0 Å². The predicted molar refractivity (Wildman–Crippen MR) is 72.8 cm³/mol. The molecule has 0 spiro atoms. The maximum absolute atomic E-state index is 5.86. The van der Waals surface area contributed by atoms with Crippen molar-refractivity contribution in [2.24, 2.45) is 11.7 Å². The van der Waals surface area contributed by atoms with E-state index in [4.69, 9.17) is 19.9 Å². The van der Waals surface area contributed by atoms with Crippen molar-refractivity contribution in [3.8, 4) is 11.5 Å². The molecular formula is C15H21NO3. The average Bonchev–Trinajstić information content (AvgIpc) is 2.61. The lowest BCUT2D eigenvalue weighted by Gasteiger charge is -2.46. The number of hydrogen-bond donors (Lipinski definition) is 1. The molecule has 1 aromatic carbocycles. The molecule has 2 N–H and O–H groups in total. The molecule has 1 fully saturated rings. The lowest BCUT2D eigenvalue weighted by Crippen LogP contribution is -2.53. The SMILES string of the molecule is CC(CN)C1(c2ccc3c(c2)OCCCO3)COC1. The van der Waals surface area contributed by atoms with Crippen LogP contribution in [-0.4, -0.2) is 33.0 Å². The Morgan fingerprint density at radius 1 is 1.21 bits per heavy atom. The van der Waals surface area contributed by atoms with Crippen molar-refractivity contribution in [1.82, 2.24) is 0 Å². The molecule has 2 aliphatic rings. The van der Waals surface area contributed by atoms with E-state index in [1.54, 1.807) is 0 Å². The first-order chi connectivity index (χ1) is 9.26. The van der Waals surface area contributed by atoms with Gasteiger partial charge in [-0.05, 0) is 30.2 Å². The van der Waals surface area contributed by atoms with Crippen LogP contribution in [0.3, 0.4) is 0 Å². The van der Waals surface area contributed by atoms with Gasteiger partial charge < -0.3 is 19.9 Å². The van der Waals surface area contributed by atoms with E-state index in [9.17, 15) is 0 Å². The molecule has 0 aliphatic carbocycles. The van der Waals surface area contributed by atoms with Crippen LogP contribution < -0.4 is 15.2 Å². The van der Waals surface area contributed by atoms with Gasteiger partial charge >= 0.3 is 0 Å². The van der Waals surface area contributed by atoms with E-state index in [-0.39, 0.29) is 5.41 Å². The molecule has 0 radical (unpaired) electrons. The molecule has 2 aliphatic heterocycles. The minimum atomic E-state index is 0.0411. The zero-order valence-electron chi connectivity index (χ0n) is 11.4. The summed E-state index contributed by atoms with van der Waals surface area (Å²) in [5.41, 5.74) is 7.15. The molecule has 1 aromatic rings. The summed E-state index contributed by atoms with van der Waals surface area (Å²) in [4.78, 5) is 0. The van der Waals surface area contributed by atoms with E-state index in [2.05, 4.69) is 19.1 Å². The van der Waals surface area contributed by atoms with Crippen molar-refractivity contribution >= 4 is 0 Å². The maximum Gasteiger partial charge on any atom is 0.161 e. The zero-order chi connectivity index (χ0) is 13.3. The average molecular weight is 263 g/mol. The van der Waals surface area contributed by atoms with Gasteiger partial charge in [0.15, 0.2) is 11.5 Å². The van der Waals surface area contributed by atoms with Crippen LogP contribution in [0.1, 0.15) is 18.9 Å². The Morgan fingerprint density at radius 3 is 2.58 bits per heavy atom. The Bertz CT molecular complexity index is 457. The molecule has 4 nitrogen and oxygen atoms in total. The highest BCUT2D eigenvalue weighted by molar-refractivity contribution is 5.46. The van der Waals surface area contributed by atoms with Gasteiger partial charge in [0, 0.05) is 11.8 Å². The normalized spacial score (nSPS) is 22.2. The van der Waals surface area contributed by atoms with Crippen LogP contribution in [0.15, 0.2) is 18.2 Å². The molecule has 2 heterocycles. The highest BCUT2D eigenvalue weighted by Gasteiger charge is 2.44. The largest absolute Gasteiger partial charge is 0.490 e. The van der Waals surface area contributed by atoms with Crippen molar-refractivity contribution < 1.29 is 14.2 Å². The highest BCUT2D eigenvalue weighted by atomic mass is 16.5. The number of nitrogens with two attached hydrogens (primary N) is 1. The first-order valence-corrected chi connectivity index (χ1v) is 6.94. The van der Waals surface area contributed by atoms with Gasteiger partial charge in [-0.25, -0.2) is 0 Å². The van der Waals surface area contributed by atoms with E-state index in [0.29, 0.717) is 19.1 Å². The smallest absolute Gasteiger partial charge is 0.161 e. The van der Waals surface area contributed by atoms with Crippen molar-refractivity contribution in [3.63, 3.8) is 0 Å². The Balaban J connectivity index is 1.94. The van der Waals surface area contributed by atoms with Crippen molar-refractivity contribution in [3.05, 3.63) is 23.8 Å². The van der Waals surface area contributed by atoms with Crippen LogP contribution in [0.2, 0.25) is 0 Å². The van der Waals surface area contributed by atoms with Gasteiger partial charge in [-0.15, -0.1) is 0 Å². The lowest BCUT2D eigenvalue weighted by atomic mass is 9.69. The highest BCUT2D eigenvalue weighted by Crippen LogP contribution is 2.42. The summed E-state index contributed by atoms with van der Waals surface area (Å²) in [6.45, 7) is 5.77. The number of rotatable bonds is 3. The number of benzene rings is 1. The van der Waals surface area contributed by atoms with E-state index in [1.165, 1.54) is 5.56 Å². The maximum atomic E-state index is 5.86. The van der Waals surface area contributed by atoms with E-state index < -0.39 is 0 Å². The summed E-state index contributed by atoms with van der Waals surface area (Å²) in [5, 5.41) is 0. The molecule has 4 heteroatoms. The van der Waals surface area contributed by atoms with Crippen molar-refractivity contribution in [2.45, 2.75) is 18.8 Å².